The molecule has 5 nitrogen and oxygen atoms in total. The van der Waals surface area contributed by atoms with E-state index in [0.29, 0.717) is 5.56 Å². The number of carbonyl (C=O) groups is 1. The number of ether oxygens (including phenoxy) is 1. The van der Waals surface area contributed by atoms with Crippen molar-refractivity contribution in [1.29, 1.82) is 0 Å². The van der Waals surface area contributed by atoms with E-state index in [2.05, 4.69) is 0 Å². The second-order valence-electron chi connectivity index (χ2n) is 4.08. The molecule has 0 atom stereocenters. The summed E-state index contributed by atoms with van der Waals surface area (Å²) >= 11 is 0. The van der Waals surface area contributed by atoms with Crippen LogP contribution in [0.4, 0.5) is 4.39 Å². The lowest BCUT2D eigenvalue weighted by atomic mass is 10.2. The molecule has 1 heterocycles. The predicted molar refractivity (Wildman–Crippen MR) is 66.9 cm³/mol. The molecule has 1 N–H and O–H groups in total. The Balaban J connectivity index is 2.15. The number of hydrogen-bond acceptors (Lipinski definition) is 5. The van der Waals surface area contributed by atoms with Crippen molar-refractivity contribution in [2.24, 2.45) is 0 Å². The lowest BCUT2D eigenvalue weighted by Gasteiger charge is -2.06. The van der Waals surface area contributed by atoms with E-state index < -0.39 is 23.0 Å². The van der Waals surface area contributed by atoms with E-state index in [1.165, 1.54) is 31.2 Å². The number of carbonyl (C=O) groups excluding carboxylic acids is 1. The highest BCUT2D eigenvalue weighted by Crippen LogP contribution is 2.12. The number of halogens is 1. The molecule has 20 heavy (non-hydrogen) atoms. The minimum absolute atomic E-state index is 0.0527. The molecular weight excluding hydrogens is 267 g/mol. The van der Waals surface area contributed by atoms with Gasteiger partial charge in [0.25, 0.3) is 0 Å². The number of benzene rings is 1. The van der Waals surface area contributed by atoms with Crippen LogP contribution in [0.3, 0.4) is 0 Å². The van der Waals surface area contributed by atoms with Gasteiger partial charge in [-0.3, -0.25) is 4.79 Å². The largest absolute Gasteiger partial charge is 0.502 e. The Hall–Kier alpha value is -2.63. The lowest BCUT2D eigenvalue weighted by Crippen LogP contribution is -2.18. The van der Waals surface area contributed by atoms with Crippen LogP contribution in [0.2, 0.25) is 0 Å². The maximum absolute atomic E-state index is 12.7. The van der Waals surface area contributed by atoms with Crippen LogP contribution in [-0.2, 0) is 11.3 Å². The highest BCUT2D eigenvalue weighted by atomic mass is 19.1. The van der Waals surface area contributed by atoms with E-state index in [-0.39, 0.29) is 17.9 Å². The average Bonchev–Trinajstić information content (AvgIpc) is 2.43. The van der Waals surface area contributed by atoms with Crippen molar-refractivity contribution < 1.29 is 23.4 Å². The molecule has 2 rings (SSSR count). The molecule has 1 aromatic carbocycles. The molecule has 0 radical (unpaired) electrons. The first kappa shape index (κ1) is 13.8. The fourth-order valence-electron chi connectivity index (χ4n) is 1.58. The smallest absolute Gasteiger partial charge is 0.346 e. The number of aryl methyl sites for hydroxylation is 1. The first-order valence-electron chi connectivity index (χ1n) is 5.72. The second kappa shape index (κ2) is 5.56. The molecule has 0 bridgehead atoms. The van der Waals surface area contributed by atoms with Gasteiger partial charge >= 0.3 is 5.97 Å². The molecule has 0 saturated carbocycles. The van der Waals surface area contributed by atoms with Crippen LogP contribution in [0.1, 0.15) is 21.7 Å². The van der Waals surface area contributed by atoms with E-state index >= 15 is 0 Å². The van der Waals surface area contributed by atoms with Crippen LogP contribution in [0.25, 0.3) is 0 Å². The topological polar surface area (TPSA) is 76.7 Å². The zero-order valence-corrected chi connectivity index (χ0v) is 10.6. The Labute approximate surface area is 113 Å². The first-order valence-corrected chi connectivity index (χ1v) is 5.72. The zero-order valence-electron chi connectivity index (χ0n) is 10.6. The summed E-state index contributed by atoms with van der Waals surface area (Å²) < 4.78 is 22.5. The molecule has 0 spiro atoms. The molecule has 0 fully saturated rings. The van der Waals surface area contributed by atoms with Crippen LogP contribution in [0, 0.1) is 12.7 Å². The van der Waals surface area contributed by atoms with Crippen molar-refractivity contribution in [3.05, 3.63) is 63.5 Å². The molecule has 0 aliphatic rings. The van der Waals surface area contributed by atoms with E-state index in [1.807, 2.05) is 0 Å². The normalized spacial score (nSPS) is 10.3. The minimum Gasteiger partial charge on any atom is -0.502 e. The molecular formula is C14H11FO5. The Morgan fingerprint density at radius 3 is 2.65 bits per heavy atom. The number of hydrogen-bond donors (Lipinski definition) is 1. The summed E-state index contributed by atoms with van der Waals surface area (Å²) in [5.41, 5.74) is -0.632. The molecule has 0 saturated heterocycles. The summed E-state index contributed by atoms with van der Waals surface area (Å²) in [5.74, 6) is -1.91. The van der Waals surface area contributed by atoms with Crippen molar-refractivity contribution >= 4 is 5.97 Å². The quantitative estimate of drug-likeness (QED) is 0.870. The van der Waals surface area contributed by atoms with E-state index in [0.717, 1.165) is 6.26 Å². The molecule has 0 aliphatic carbocycles. The van der Waals surface area contributed by atoms with Crippen LogP contribution >= 0.6 is 0 Å². The monoisotopic (exact) mass is 278 g/mol. The standard InChI is InChI=1S/C14H11FO5/c1-8-12(13(17)11(16)7-19-8)14(18)20-6-9-2-4-10(15)5-3-9/h2-5,7,16H,6H2,1H3. The van der Waals surface area contributed by atoms with Crippen LogP contribution in [-0.4, -0.2) is 11.1 Å². The molecule has 0 aliphatic heterocycles. The Kier molecular flexibility index (Phi) is 3.84. The molecule has 1 aromatic heterocycles. The van der Waals surface area contributed by atoms with Crippen molar-refractivity contribution in [2.45, 2.75) is 13.5 Å². The summed E-state index contributed by atoms with van der Waals surface area (Å²) in [4.78, 5) is 23.4. The van der Waals surface area contributed by atoms with Gasteiger partial charge in [-0.2, -0.15) is 0 Å². The molecule has 104 valence electrons. The first-order chi connectivity index (χ1) is 9.49. The number of esters is 1. The van der Waals surface area contributed by atoms with Gasteiger partial charge in [-0.1, -0.05) is 12.1 Å². The van der Waals surface area contributed by atoms with Crippen LogP contribution in [0.15, 0.2) is 39.7 Å². The van der Waals surface area contributed by atoms with Crippen molar-refractivity contribution in [3.63, 3.8) is 0 Å². The Morgan fingerprint density at radius 1 is 1.35 bits per heavy atom. The molecule has 6 heteroatoms. The molecule has 0 amide bonds. The Morgan fingerprint density at radius 2 is 2.00 bits per heavy atom. The van der Waals surface area contributed by atoms with Gasteiger partial charge in [0.05, 0.1) is 0 Å². The van der Waals surface area contributed by atoms with Crippen molar-refractivity contribution in [3.8, 4) is 5.75 Å². The lowest BCUT2D eigenvalue weighted by molar-refractivity contribution is 0.0466. The van der Waals surface area contributed by atoms with E-state index in [9.17, 15) is 19.1 Å². The molecule has 2 aromatic rings. The zero-order chi connectivity index (χ0) is 14.7. The number of rotatable bonds is 3. The van der Waals surface area contributed by atoms with Crippen molar-refractivity contribution in [1.82, 2.24) is 0 Å². The summed E-state index contributed by atoms with van der Waals surface area (Å²) in [6.07, 6.45) is 0.856. The predicted octanol–water partition coefficient (Wildman–Crippen LogP) is 2.15. The van der Waals surface area contributed by atoms with Gasteiger partial charge in [0.1, 0.15) is 30.0 Å². The minimum atomic E-state index is -0.906. The highest BCUT2D eigenvalue weighted by Gasteiger charge is 2.19. The van der Waals surface area contributed by atoms with Crippen LogP contribution in [0.5, 0.6) is 5.75 Å². The third-order valence-corrected chi connectivity index (χ3v) is 2.65. The summed E-state index contributed by atoms with van der Waals surface area (Å²) in [5, 5.41) is 9.23. The van der Waals surface area contributed by atoms with Gasteiger partial charge in [-0.25, -0.2) is 9.18 Å². The van der Waals surface area contributed by atoms with Gasteiger partial charge in [0, 0.05) is 0 Å². The van der Waals surface area contributed by atoms with E-state index in [1.54, 1.807) is 0 Å². The van der Waals surface area contributed by atoms with Gasteiger partial charge in [-0.05, 0) is 24.6 Å². The fraction of sp³-hybridized carbons (Fsp3) is 0.143. The fourth-order valence-corrected chi connectivity index (χ4v) is 1.58. The van der Waals surface area contributed by atoms with Crippen LogP contribution < -0.4 is 5.43 Å². The van der Waals surface area contributed by atoms with E-state index in [4.69, 9.17) is 9.15 Å². The molecule has 0 unspecified atom stereocenters. The average molecular weight is 278 g/mol. The third-order valence-electron chi connectivity index (χ3n) is 2.65. The summed E-state index contributed by atoms with van der Waals surface area (Å²) in [6.45, 7) is 1.29. The SMILES string of the molecule is Cc1occ(O)c(=O)c1C(=O)OCc1ccc(F)cc1. The van der Waals surface area contributed by atoms with Gasteiger partial charge in [-0.15, -0.1) is 0 Å². The maximum atomic E-state index is 12.7. The third kappa shape index (κ3) is 2.85. The summed E-state index contributed by atoms with van der Waals surface area (Å²) in [7, 11) is 0. The van der Waals surface area contributed by atoms with Gasteiger partial charge < -0.3 is 14.3 Å². The second-order valence-corrected chi connectivity index (χ2v) is 4.08. The number of aromatic hydroxyl groups is 1. The maximum Gasteiger partial charge on any atom is 0.346 e. The van der Waals surface area contributed by atoms with Gasteiger partial charge in [0.15, 0.2) is 5.75 Å². The van der Waals surface area contributed by atoms with Gasteiger partial charge in [0.2, 0.25) is 5.43 Å². The highest BCUT2D eigenvalue weighted by molar-refractivity contribution is 5.90. The Bertz CT molecular complexity index is 688. The van der Waals surface area contributed by atoms with Crippen molar-refractivity contribution in [2.75, 3.05) is 0 Å². The summed E-state index contributed by atoms with van der Waals surface area (Å²) in [6, 6.07) is 5.38.